The van der Waals surface area contributed by atoms with E-state index in [9.17, 15) is 18.0 Å². The predicted molar refractivity (Wildman–Crippen MR) is 84.2 cm³/mol. The molecule has 25 heavy (non-hydrogen) atoms. The molecule has 2 N–H and O–H groups in total. The van der Waals surface area contributed by atoms with Gasteiger partial charge in [-0.05, 0) is 31.9 Å². The van der Waals surface area contributed by atoms with Crippen LogP contribution in [0.5, 0.6) is 0 Å². The van der Waals surface area contributed by atoms with Crippen molar-refractivity contribution in [2.75, 3.05) is 5.32 Å². The summed E-state index contributed by atoms with van der Waals surface area (Å²) in [5.74, 6) is -0.259. The van der Waals surface area contributed by atoms with Gasteiger partial charge >= 0.3 is 6.18 Å². The number of hydrogen-bond acceptors (Lipinski definition) is 4. The van der Waals surface area contributed by atoms with Gasteiger partial charge in [-0.3, -0.25) is 14.9 Å². The van der Waals surface area contributed by atoms with E-state index in [4.69, 9.17) is 5.26 Å². The molecule has 0 aromatic carbocycles. The number of aromatic amines is 1. The molecule has 2 rings (SSSR count). The Hall–Kier alpha value is -2.89. The smallest absolute Gasteiger partial charge is 0.309 e. The molecule has 0 aliphatic heterocycles. The Morgan fingerprint density at radius 2 is 2.16 bits per heavy atom. The summed E-state index contributed by atoms with van der Waals surface area (Å²) in [5.41, 5.74) is -0.0757. The van der Waals surface area contributed by atoms with Crippen LogP contribution in [0.15, 0.2) is 18.3 Å². The van der Waals surface area contributed by atoms with Crippen molar-refractivity contribution in [1.29, 1.82) is 5.26 Å². The van der Waals surface area contributed by atoms with Gasteiger partial charge < -0.3 is 5.32 Å². The van der Waals surface area contributed by atoms with Gasteiger partial charge in [0.15, 0.2) is 5.82 Å². The Bertz CT molecular complexity index is 807. The van der Waals surface area contributed by atoms with Gasteiger partial charge in [-0.15, -0.1) is 0 Å². The molecule has 0 bridgehead atoms. The zero-order chi connectivity index (χ0) is 18.6. The van der Waals surface area contributed by atoms with Crippen LogP contribution in [0.3, 0.4) is 0 Å². The maximum Gasteiger partial charge on any atom is 0.433 e. The molecule has 1 amide bonds. The number of amides is 1. The maximum atomic E-state index is 12.7. The molecule has 0 saturated heterocycles. The molecule has 9 heteroatoms. The first kappa shape index (κ1) is 18.4. The topological polar surface area (TPSA) is 94.5 Å². The van der Waals surface area contributed by atoms with Crippen LogP contribution >= 0.6 is 0 Å². The number of carbonyl (C=O) groups is 1. The van der Waals surface area contributed by atoms with Gasteiger partial charge in [0.05, 0.1) is 11.8 Å². The van der Waals surface area contributed by atoms with Crippen molar-refractivity contribution >= 4 is 11.7 Å². The van der Waals surface area contributed by atoms with E-state index in [1.807, 2.05) is 6.07 Å². The standard InChI is InChI=1S/C16H16F3N5O/c1-9(7-20)3-4-14(25)22-13-6-12(23-24-13)11-5-10(2)15(21-8-11)16(17,18)19/h5-6,8-9H,3-4H2,1-2H3,(H2,22,23,24,25). The lowest BCUT2D eigenvalue weighted by atomic mass is 10.1. The van der Waals surface area contributed by atoms with E-state index in [0.717, 1.165) is 6.20 Å². The number of anilines is 1. The number of hydrogen-bond donors (Lipinski definition) is 2. The predicted octanol–water partition coefficient (Wildman–Crippen LogP) is 3.68. The highest BCUT2D eigenvalue weighted by molar-refractivity contribution is 5.90. The van der Waals surface area contributed by atoms with Crippen LogP contribution in [0.2, 0.25) is 0 Å². The van der Waals surface area contributed by atoms with Crippen molar-refractivity contribution in [3.8, 4) is 17.3 Å². The number of carbonyl (C=O) groups excluding carboxylic acids is 1. The highest BCUT2D eigenvalue weighted by atomic mass is 19.4. The van der Waals surface area contributed by atoms with E-state index in [-0.39, 0.29) is 29.6 Å². The SMILES string of the molecule is Cc1cc(-c2cc(NC(=O)CCC(C)C#N)n[nH]2)cnc1C(F)(F)F. The zero-order valence-electron chi connectivity index (χ0n) is 13.6. The molecule has 1 unspecified atom stereocenters. The van der Waals surface area contributed by atoms with Crippen molar-refractivity contribution in [3.63, 3.8) is 0 Å². The fraction of sp³-hybridized carbons (Fsp3) is 0.375. The number of halogens is 3. The molecule has 2 heterocycles. The third-order valence-electron chi connectivity index (χ3n) is 3.53. The van der Waals surface area contributed by atoms with Gasteiger partial charge in [0.25, 0.3) is 0 Å². The average Bonchev–Trinajstić information content (AvgIpc) is 2.99. The molecular formula is C16H16F3N5O. The maximum absolute atomic E-state index is 12.7. The van der Waals surface area contributed by atoms with Crippen molar-refractivity contribution in [3.05, 3.63) is 29.6 Å². The summed E-state index contributed by atoms with van der Waals surface area (Å²) >= 11 is 0. The van der Waals surface area contributed by atoms with E-state index in [1.165, 1.54) is 19.1 Å². The summed E-state index contributed by atoms with van der Waals surface area (Å²) in [5, 5.41) is 17.8. The van der Waals surface area contributed by atoms with Crippen LogP contribution in [0, 0.1) is 24.2 Å². The Kier molecular flexibility index (Phi) is 5.41. The number of aryl methyl sites for hydroxylation is 1. The zero-order valence-corrected chi connectivity index (χ0v) is 13.6. The van der Waals surface area contributed by atoms with Crippen molar-refractivity contribution in [2.45, 2.75) is 32.9 Å². The van der Waals surface area contributed by atoms with Crippen molar-refractivity contribution in [2.24, 2.45) is 5.92 Å². The van der Waals surface area contributed by atoms with Gasteiger partial charge in [0.1, 0.15) is 5.69 Å². The normalized spacial score (nSPS) is 12.5. The highest BCUT2D eigenvalue weighted by Gasteiger charge is 2.34. The lowest BCUT2D eigenvalue weighted by Gasteiger charge is -2.09. The fourth-order valence-corrected chi connectivity index (χ4v) is 2.17. The van der Waals surface area contributed by atoms with Crippen LogP contribution in [-0.2, 0) is 11.0 Å². The largest absolute Gasteiger partial charge is 0.433 e. The molecule has 132 valence electrons. The first-order valence-corrected chi connectivity index (χ1v) is 7.49. The molecule has 2 aromatic heterocycles. The van der Waals surface area contributed by atoms with Crippen LogP contribution in [0.25, 0.3) is 11.3 Å². The highest BCUT2D eigenvalue weighted by Crippen LogP contribution is 2.31. The number of aromatic nitrogens is 3. The second kappa shape index (κ2) is 7.34. The molecule has 0 spiro atoms. The van der Waals surface area contributed by atoms with Gasteiger partial charge in [0.2, 0.25) is 5.91 Å². The summed E-state index contributed by atoms with van der Waals surface area (Å²) in [7, 11) is 0. The minimum atomic E-state index is -4.50. The van der Waals surface area contributed by atoms with Crippen LogP contribution in [0.1, 0.15) is 31.0 Å². The van der Waals surface area contributed by atoms with Crippen molar-refractivity contribution in [1.82, 2.24) is 15.2 Å². The quantitative estimate of drug-likeness (QED) is 0.859. The number of rotatable bonds is 5. The van der Waals surface area contributed by atoms with Crippen LogP contribution in [-0.4, -0.2) is 21.1 Å². The minimum absolute atomic E-state index is 0.00400. The average molecular weight is 351 g/mol. The van der Waals surface area contributed by atoms with Crippen LogP contribution < -0.4 is 5.32 Å². The molecule has 2 aromatic rings. The molecule has 1 atom stereocenters. The molecule has 0 radical (unpaired) electrons. The second-order valence-corrected chi connectivity index (χ2v) is 5.67. The molecule has 0 saturated carbocycles. The summed E-state index contributed by atoms with van der Waals surface area (Å²) in [6, 6.07) is 4.90. The summed E-state index contributed by atoms with van der Waals surface area (Å²) < 4.78 is 38.2. The van der Waals surface area contributed by atoms with Gasteiger partial charge in [-0.1, -0.05) is 0 Å². The first-order chi connectivity index (χ1) is 11.7. The van der Waals surface area contributed by atoms with Crippen LogP contribution in [0.4, 0.5) is 19.0 Å². The first-order valence-electron chi connectivity index (χ1n) is 7.49. The summed E-state index contributed by atoms with van der Waals surface area (Å²) in [6.45, 7) is 3.05. The number of pyridine rings is 1. The van der Waals surface area contributed by atoms with E-state index in [1.54, 1.807) is 6.92 Å². The lowest BCUT2D eigenvalue weighted by molar-refractivity contribution is -0.141. The number of nitrogens with one attached hydrogen (secondary N) is 2. The number of nitriles is 1. The third kappa shape index (κ3) is 4.79. The van der Waals surface area contributed by atoms with E-state index in [0.29, 0.717) is 17.7 Å². The van der Waals surface area contributed by atoms with E-state index < -0.39 is 11.9 Å². The molecule has 0 aliphatic carbocycles. The minimum Gasteiger partial charge on any atom is -0.309 e. The summed E-state index contributed by atoms with van der Waals surface area (Å²) in [4.78, 5) is 15.2. The number of alkyl halides is 3. The van der Waals surface area contributed by atoms with Gasteiger partial charge in [0, 0.05) is 30.2 Å². The Labute approximate surface area is 142 Å². The van der Waals surface area contributed by atoms with E-state index >= 15 is 0 Å². The monoisotopic (exact) mass is 351 g/mol. The Morgan fingerprint density at radius 3 is 2.76 bits per heavy atom. The lowest BCUT2D eigenvalue weighted by Crippen LogP contribution is -2.12. The number of H-pyrrole nitrogens is 1. The Balaban J connectivity index is 2.08. The van der Waals surface area contributed by atoms with Gasteiger partial charge in [-0.2, -0.15) is 23.5 Å². The molecule has 6 nitrogen and oxygen atoms in total. The van der Waals surface area contributed by atoms with Gasteiger partial charge in [-0.25, -0.2) is 0 Å². The Morgan fingerprint density at radius 1 is 1.44 bits per heavy atom. The second-order valence-electron chi connectivity index (χ2n) is 5.67. The third-order valence-corrected chi connectivity index (χ3v) is 3.53. The molecular weight excluding hydrogens is 335 g/mol. The van der Waals surface area contributed by atoms with E-state index in [2.05, 4.69) is 20.5 Å². The molecule has 0 aliphatic rings. The molecule has 0 fully saturated rings. The number of nitrogens with zero attached hydrogens (tertiary/aromatic N) is 3. The van der Waals surface area contributed by atoms with Crippen molar-refractivity contribution < 1.29 is 18.0 Å². The summed E-state index contributed by atoms with van der Waals surface area (Å²) in [6.07, 6.45) is -2.79. The fourth-order valence-electron chi connectivity index (χ4n) is 2.17.